The number of anilines is 1. The first-order valence-electron chi connectivity index (χ1n) is 10.2. The number of amides is 1. The first-order valence-corrected chi connectivity index (χ1v) is 10.6. The second-order valence-corrected chi connectivity index (χ2v) is 8.29. The van der Waals surface area contributed by atoms with Crippen molar-refractivity contribution in [3.05, 3.63) is 64.7 Å². The van der Waals surface area contributed by atoms with E-state index in [4.69, 9.17) is 12.2 Å². The summed E-state index contributed by atoms with van der Waals surface area (Å²) in [6, 6.07) is 13.1. The Morgan fingerprint density at radius 3 is 2.30 bits per heavy atom. The Kier molecular flexibility index (Phi) is 9.15. The lowest BCUT2D eigenvalue weighted by atomic mass is 10.0. The van der Waals surface area contributed by atoms with E-state index in [1.165, 1.54) is 0 Å². The van der Waals surface area contributed by atoms with Gasteiger partial charge in [-0.25, -0.2) is 0 Å². The molecule has 1 amide bonds. The van der Waals surface area contributed by atoms with Gasteiger partial charge in [-0.15, -0.1) is 0 Å². The van der Waals surface area contributed by atoms with Crippen molar-refractivity contribution in [2.75, 3.05) is 26.0 Å². The predicted molar refractivity (Wildman–Crippen MR) is 127 cm³/mol. The van der Waals surface area contributed by atoms with Crippen LogP contribution in [0.2, 0.25) is 0 Å². The van der Waals surface area contributed by atoms with Gasteiger partial charge in [0.1, 0.15) is 5.78 Å². The second kappa shape index (κ2) is 11.6. The van der Waals surface area contributed by atoms with Crippen molar-refractivity contribution in [1.29, 1.82) is 0 Å². The quantitative estimate of drug-likeness (QED) is 0.464. The van der Waals surface area contributed by atoms with Crippen LogP contribution in [0.25, 0.3) is 0 Å². The van der Waals surface area contributed by atoms with Crippen molar-refractivity contribution in [3.63, 3.8) is 0 Å². The molecule has 2 aromatic carbocycles. The maximum Gasteiger partial charge on any atom is 0.257 e. The number of nitrogens with zero attached hydrogens (tertiary/aromatic N) is 1. The van der Waals surface area contributed by atoms with Crippen LogP contribution in [-0.4, -0.2) is 42.3 Å². The van der Waals surface area contributed by atoms with E-state index >= 15 is 0 Å². The zero-order chi connectivity index (χ0) is 22.1. The van der Waals surface area contributed by atoms with Crippen LogP contribution >= 0.6 is 12.2 Å². The maximum atomic E-state index is 12.4. The van der Waals surface area contributed by atoms with Crippen molar-refractivity contribution in [2.45, 2.75) is 39.5 Å². The molecule has 0 aliphatic carbocycles. The van der Waals surface area contributed by atoms with Crippen LogP contribution in [0.15, 0.2) is 42.5 Å². The van der Waals surface area contributed by atoms with Crippen LogP contribution in [0.5, 0.6) is 0 Å². The fourth-order valence-electron chi connectivity index (χ4n) is 2.99. The molecule has 2 N–H and O–H groups in total. The Balaban J connectivity index is 1.80. The van der Waals surface area contributed by atoms with E-state index in [-0.39, 0.29) is 16.8 Å². The second-order valence-electron chi connectivity index (χ2n) is 7.88. The van der Waals surface area contributed by atoms with Crippen molar-refractivity contribution in [1.82, 2.24) is 10.2 Å². The lowest BCUT2D eigenvalue weighted by Crippen LogP contribution is -2.34. The third-order valence-corrected chi connectivity index (χ3v) is 5.12. The summed E-state index contributed by atoms with van der Waals surface area (Å²) in [6.07, 6.45) is 3.01. The topological polar surface area (TPSA) is 61.4 Å². The van der Waals surface area contributed by atoms with Crippen LogP contribution in [0.1, 0.15) is 46.3 Å². The lowest BCUT2D eigenvalue weighted by Gasteiger charge is -2.11. The van der Waals surface area contributed by atoms with Gasteiger partial charge in [-0.05, 0) is 101 Å². The highest BCUT2D eigenvalue weighted by Crippen LogP contribution is 2.13. The van der Waals surface area contributed by atoms with Crippen molar-refractivity contribution in [2.24, 2.45) is 0 Å². The Morgan fingerprint density at radius 1 is 0.967 bits per heavy atom. The number of thiocarbonyl (C=S) groups is 1. The molecule has 2 aromatic rings. The molecule has 0 aliphatic heterocycles. The van der Waals surface area contributed by atoms with Crippen LogP contribution in [-0.2, 0) is 11.2 Å². The molecule has 0 bridgehead atoms. The van der Waals surface area contributed by atoms with Gasteiger partial charge in [-0.3, -0.25) is 14.9 Å². The largest absolute Gasteiger partial charge is 0.332 e. The van der Waals surface area contributed by atoms with Gasteiger partial charge in [0.15, 0.2) is 5.11 Å². The summed E-state index contributed by atoms with van der Waals surface area (Å²) in [6.45, 7) is 4.98. The number of hydrogen-bond donors (Lipinski definition) is 2. The number of unbranched alkanes of at least 4 members (excludes halogenated alkanes) is 1. The van der Waals surface area contributed by atoms with E-state index in [9.17, 15) is 9.59 Å². The van der Waals surface area contributed by atoms with Gasteiger partial charge in [0, 0.05) is 24.1 Å². The summed E-state index contributed by atoms with van der Waals surface area (Å²) in [4.78, 5) is 26.6. The minimum absolute atomic E-state index is 0.239. The molecular formula is C24H31N3O2S. The molecule has 30 heavy (non-hydrogen) atoms. The van der Waals surface area contributed by atoms with Crippen LogP contribution < -0.4 is 10.6 Å². The molecule has 0 fully saturated rings. The summed E-state index contributed by atoms with van der Waals surface area (Å²) in [5, 5.41) is 5.95. The van der Waals surface area contributed by atoms with Gasteiger partial charge in [0.05, 0.1) is 0 Å². The van der Waals surface area contributed by atoms with Crippen molar-refractivity contribution in [3.8, 4) is 0 Å². The normalized spacial score (nSPS) is 10.7. The number of nitrogens with one attached hydrogen (secondary N) is 2. The molecule has 6 heteroatoms. The number of Topliss-reactive ketones (excluding diaryl/α,β-unsaturated/α-hetero) is 1. The van der Waals surface area contributed by atoms with Crippen LogP contribution in [0.3, 0.4) is 0 Å². The molecule has 2 rings (SSSR count). The van der Waals surface area contributed by atoms with Gasteiger partial charge < -0.3 is 10.2 Å². The monoisotopic (exact) mass is 425 g/mol. The Hall–Kier alpha value is -2.57. The minimum Gasteiger partial charge on any atom is -0.332 e. The first kappa shape index (κ1) is 23.7. The number of rotatable bonds is 9. The maximum absolute atomic E-state index is 12.4. The van der Waals surface area contributed by atoms with Crippen LogP contribution in [0.4, 0.5) is 5.69 Å². The summed E-state index contributed by atoms with van der Waals surface area (Å²) in [5.74, 6) is 0.0118. The number of carbonyl (C=O) groups excluding carboxylic acids is 2. The fraction of sp³-hybridized carbons (Fsp3) is 0.375. The average molecular weight is 426 g/mol. The summed E-state index contributed by atoms with van der Waals surface area (Å²) < 4.78 is 0. The van der Waals surface area contributed by atoms with E-state index in [0.29, 0.717) is 18.4 Å². The molecule has 5 nitrogen and oxygen atoms in total. The van der Waals surface area contributed by atoms with E-state index in [0.717, 1.165) is 41.8 Å². The minimum atomic E-state index is -0.243. The number of benzene rings is 2. The summed E-state index contributed by atoms with van der Waals surface area (Å²) in [5.41, 5.74) is 4.51. The molecule has 0 saturated carbocycles. The molecule has 0 atom stereocenters. The van der Waals surface area contributed by atoms with Crippen LogP contribution in [0, 0.1) is 13.8 Å². The van der Waals surface area contributed by atoms with E-state index in [1.54, 1.807) is 6.07 Å². The fourth-order valence-corrected chi connectivity index (χ4v) is 3.20. The average Bonchev–Trinajstić information content (AvgIpc) is 2.68. The Bertz CT molecular complexity index is 892. The SMILES string of the molecule is Cc1ccc(C(=O)NC(=S)Nc2ccc(CC(=O)CCCCN(C)C)cc2)cc1C. The van der Waals surface area contributed by atoms with E-state index in [1.807, 2.05) is 64.3 Å². The molecule has 0 unspecified atom stereocenters. The van der Waals surface area contributed by atoms with Crippen molar-refractivity contribution >= 4 is 34.7 Å². The van der Waals surface area contributed by atoms with E-state index < -0.39 is 0 Å². The third kappa shape index (κ3) is 8.05. The van der Waals surface area contributed by atoms with E-state index in [2.05, 4.69) is 15.5 Å². The van der Waals surface area contributed by atoms with Gasteiger partial charge >= 0.3 is 0 Å². The lowest BCUT2D eigenvalue weighted by molar-refractivity contribution is -0.118. The molecule has 0 radical (unpaired) electrons. The number of carbonyl (C=O) groups is 2. The molecule has 0 aromatic heterocycles. The Morgan fingerprint density at radius 2 is 1.67 bits per heavy atom. The number of hydrogen-bond acceptors (Lipinski definition) is 4. The smallest absolute Gasteiger partial charge is 0.257 e. The number of ketones is 1. The highest BCUT2D eigenvalue weighted by Gasteiger charge is 2.09. The van der Waals surface area contributed by atoms with Gasteiger partial charge in [-0.1, -0.05) is 18.2 Å². The third-order valence-electron chi connectivity index (χ3n) is 4.92. The van der Waals surface area contributed by atoms with Gasteiger partial charge in [0.25, 0.3) is 5.91 Å². The molecule has 0 heterocycles. The molecular weight excluding hydrogens is 394 g/mol. The Labute approximate surface area is 184 Å². The molecule has 160 valence electrons. The zero-order valence-electron chi connectivity index (χ0n) is 18.2. The first-order chi connectivity index (χ1) is 14.2. The van der Waals surface area contributed by atoms with Gasteiger partial charge in [0.2, 0.25) is 0 Å². The molecule has 0 spiro atoms. The summed E-state index contributed by atoms with van der Waals surface area (Å²) >= 11 is 5.25. The highest BCUT2D eigenvalue weighted by atomic mass is 32.1. The highest BCUT2D eigenvalue weighted by molar-refractivity contribution is 7.80. The molecule has 0 saturated heterocycles. The number of aryl methyl sites for hydroxylation is 2. The predicted octanol–water partition coefficient (Wildman–Crippen LogP) is 4.27. The van der Waals surface area contributed by atoms with Crippen molar-refractivity contribution < 1.29 is 9.59 Å². The zero-order valence-corrected chi connectivity index (χ0v) is 19.1. The standard InChI is InChI=1S/C24H31N3O2S/c1-17-8-11-20(15-18(17)2)23(29)26-24(30)25-21-12-9-19(10-13-21)16-22(28)7-5-6-14-27(3)4/h8-13,15H,5-7,14,16H2,1-4H3,(H2,25,26,29,30). The molecule has 0 aliphatic rings. The summed E-state index contributed by atoms with van der Waals surface area (Å²) in [7, 11) is 4.08. The van der Waals surface area contributed by atoms with Gasteiger partial charge in [-0.2, -0.15) is 0 Å².